The zero-order valence-corrected chi connectivity index (χ0v) is 45.9. The highest BCUT2D eigenvalue weighted by Crippen LogP contribution is 2.44. The van der Waals surface area contributed by atoms with Crippen LogP contribution >= 0.6 is 0 Å². The summed E-state index contributed by atoms with van der Waals surface area (Å²) in [5.74, 6) is -1.64. The molecule has 8 rings (SSSR count). The quantitative estimate of drug-likeness (QED) is 0.0664. The number of morpholine rings is 1. The first kappa shape index (κ1) is 56.6. The van der Waals surface area contributed by atoms with E-state index >= 15 is 13.2 Å². The molecule has 14 nitrogen and oxygen atoms in total. The minimum Gasteiger partial charge on any atom is -0.480 e. The summed E-state index contributed by atoms with van der Waals surface area (Å²) >= 11 is 0. The third kappa shape index (κ3) is 13.2. The number of pyridine rings is 1. The van der Waals surface area contributed by atoms with E-state index in [4.69, 9.17) is 23.6 Å². The number of hydrazine groups is 1. The molecule has 4 heterocycles. The molecular weight excluding hydrogens is 1010 g/mol. The van der Waals surface area contributed by atoms with Crippen molar-refractivity contribution in [2.75, 3.05) is 44.9 Å². The lowest BCUT2D eigenvalue weighted by molar-refractivity contribution is -0.148. The first-order chi connectivity index (χ1) is 36.7. The number of aromatic nitrogens is 2. The number of fused-ring (bicyclic) bond motifs is 1. The second-order valence-electron chi connectivity index (χ2n) is 21.9. The molecule has 2 fully saturated rings. The number of carbonyl (C=O) groups is 3. The summed E-state index contributed by atoms with van der Waals surface area (Å²) in [6.07, 6.45) is -3.90. The number of rotatable bonds is 19. The van der Waals surface area contributed by atoms with Gasteiger partial charge in [0.05, 0.1) is 30.2 Å². The van der Waals surface area contributed by atoms with Crippen molar-refractivity contribution in [1.29, 1.82) is 0 Å². The van der Waals surface area contributed by atoms with Gasteiger partial charge in [-0.1, -0.05) is 126 Å². The van der Waals surface area contributed by atoms with Crippen molar-refractivity contribution >= 4 is 53.3 Å². The summed E-state index contributed by atoms with van der Waals surface area (Å²) in [7, 11) is -1.50. The third-order valence-electron chi connectivity index (χ3n) is 14.6. The standard InChI is InChI=1S/C59H71F3N6O8Si/c1-40(73-7)52-46(25-17-29-63-52)53-48(35-58(5,6)39-76-77(57(2,3)4,44-21-13-9-14-22-44)45-23-15-10-16-24-45)47-33-42(27-28-51(47)67(53)38-59(60,61)62)66-31-32-74-43(36-66)34-50(54(69)68-30-18-26-49(65-68)55(70)71)64-56(72)75-37-41-19-11-8-12-20-41/h8-17,19-25,27-29,33,40,43,49-50,65H,18,26,30-32,34-39H2,1-7H3,(H,64,72)(H,70,71)/t40-,43-,49-,50?/m0/s1. The monoisotopic (exact) mass is 1080 g/mol. The lowest BCUT2D eigenvalue weighted by atomic mass is 9.84. The number of hydrogen-bond donors (Lipinski definition) is 3. The SMILES string of the molecule is CO[C@@H](C)c1ncccc1-c1c(CC(C)(C)CO[Si](c2ccccc2)(c2ccccc2)C(C)(C)C)c2cc(N3CCO[C@@H](CC(NC(=O)OCc4ccccc4)C(=O)N4CCC[C@@H](C(=O)O)N4)C3)ccc2n1CC(F)(F)F. The highest BCUT2D eigenvalue weighted by molar-refractivity contribution is 6.99. The lowest BCUT2D eigenvalue weighted by Crippen LogP contribution is -2.67. The van der Waals surface area contributed by atoms with Crippen molar-refractivity contribution in [3.05, 3.63) is 144 Å². The van der Waals surface area contributed by atoms with E-state index in [0.717, 1.165) is 21.6 Å². The van der Waals surface area contributed by atoms with Crippen LogP contribution in [0.1, 0.15) is 83.7 Å². The van der Waals surface area contributed by atoms with Crippen LogP contribution in [0.4, 0.5) is 23.7 Å². The van der Waals surface area contributed by atoms with Crippen molar-refractivity contribution in [3.63, 3.8) is 0 Å². The summed E-state index contributed by atoms with van der Waals surface area (Å²) < 4.78 is 71.7. The first-order valence-electron chi connectivity index (χ1n) is 26.3. The fraction of sp³-hybridized carbons (Fsp3) is 0.424. The molecule has 410 valence electrons. The predicted molar refractivity (Wildman–Crippen MR) is 293 cm³/mol. The van der Waals surface area contributed by atoms with Crippen molar-refractivity contribution < 1.29 is 51.3 Å². The maximum atomic E-state index is 15.1. The molecule has 1 unspecified atom stereocenters. The zero-order valence-electron chi connectivity index (χ0n) is 44.9. The Morgan fingerprint density at radius 3 is 2.18 bits per heavy atom. The topological polar surface area (TPSA) is 157 Å². The molecule has 2 aliphatic rings. The van der Waals surface area contributed by atoms with Crippen LogP contribution < -0.4 is 26.0 Å². The van der Waals surface area contributed by atoms with Crippen LogP contribution in [0.25, 0.3) is 22.2 Å². The van der Waals surface area contributed by atoms with E-state index in [1.54, 1.807) is 37.6 Å². The maximum Gasteiger partial charge on any atom is 0.408 e. The van der Waals surface area contributed by atoms with Gasteiger partial charge in [0, 0.05) is 68.1 Å². The van der Waals surface area contributed by atoms with Gasteiger partial charge in [0.25, 0.3) is 14.2 Å². The molecule has 0 bridgehead atoms. The fourth-order valence-electron chi connectivity index (χ4n) is 10.9. The molecule has 4 atom stereocenters. The highest BCUT2D eigenvalue weighted by Gasteiger charge is 2.51. The Morgan fingerprint density at radius 2 is 1.56 bits per heavy atom. The second-order valence-corrected chi connectivity index (χ2v) is 26.2. The van der Waals surface area contributed by atoms with E-state index in [1.807, 2.05) is 79.7 Å². The van der Waals surface area contributed by atoms with Crippen LogP contribution in [-0.4, -0.2) is 110 Å². The van der Waals surface area contributed by atoms with Crippen LogP contribution in [-0.2, 0) is 47.8 Å². The first-order valence-corrected chi connectivity index (χ1v) is 28.2. The molecule has 77 heavy (non-hydrogen) atoms. The van der Waals surface area contributed by atoms with Gasteiger partial charge in [-0.3, -0.25) is 19.6 Å². The highest BCUT2D eigenvalue weighted by atomic mass is 28.4. The molecule has 6 aromatic rings. The van der Waals surface area contributed by atoms with Gasteiger partial charge in [0.15, 0.2) is 0 Å². The second kappa shape index (κ2) is 24.0. The molecule has 2 aliphatic heterocycles. The summed E-state index contributed by atoms with van der Waals surface area (Å²) in [5.41, 5.74) is 6.13. The van der Waals surface area contributed by atoms with Gasteiger partial charge in [0.2, 0.25) is 0 Å². The average molecular weight is 1080 g/mol. The van der Waals surface area contributed by atoms with Gasteiger partial charge >= 0.3 is 18.2 Å². The van der Waals surface area contributed by atoms with E-state index in [1.165, 1.54) is 9.58 Å². The number of benzene rings is 4. The maximum absolute atomic E-state index is 15.1. The third-order valence-corrected chi connectivity index (χ3v) is 19.6. The summed E-state index contributed by atoms with van der Waals surface area (Å²) in [5, 5.41) is 16.3. The van der Waals surface area contributed by atoms with Crippen molar-refractivity contribution in [3.8, 4) is 11.3 Å². The normalized spacial score (nSPS) is 17.5. The number of methoxy groups -OCH3 is 1. The van der Waals surface area contributed by atoms with E-state index in [2.05, 4.69) is 74.5 Å². The Bertz CT molecular complexity index is 2930. The number of nitrogens with one attached hydrogen (secondary N) is 2. The Labute approximate surface area is 450 Å². The van der Waals surface area contributed by atoms with Crippen LogP contribution in [0.2, 0.25) is 5.04 Å². The molecule has 0 spiro atoms. The Morgan fingerprint density at radius 1 is 0.896 bits per heavy atom. The molecule has 2 amide bonds. The number of carboxylic acid groups (broad SMARTS) is 1. The van der Waals surface area contributed by atoms with Crippen molar-refractivity contribution in [2.45, 2.75) is 116 Å². The average Bonchev–Trinajstić information content (AvgIpc) is 3.70. The van der Waals surface area contributed by atoms with Gasteiger partial charge in [0.1, 0.15) is 25.2 Å². The summed E-state index contributed by atoms with van der Waals surface area (Å²) in [6.45, 7) is 12.8. The molecule has 4 aromatic carbocycles. The van der Waals surface area contributed by atoms with Gasteiger partial charge in [-0.05, 0) is 88.5 Å². The van der Waals surface area contributed by atoms with Gasteiger partial charge in [-0.2, -0.15) is 13.2 Å². The number of nitrogens with zero attached hydrogens (tertiary/aromatic N) is 4. The molecule has 0 aliphatic carbocycles. The number of hydrogen-bond acceptors (Lipinski definition) is 10. The largest absolute Gasteiger partial charge is 0.480 e. The smallest absolute Gasteiger partial charge is 0.408 e. The minimum atomic E-state index is -4.60. The molecule has 18 heteroatoms. The number of halogens is 3. The van der Waals surface area contributed by atoms with Crippen LogP contribution in [0, 0.1) is 5.41 Å². The number of amides is 2. The number of anilines is 1. The van der Waals surface area contributed by atoms with Crippen molar-refractivity contribution in [1.82, 2.24) is 25.3 Å². The van der Waals surface area contributed by atoms with E-state index < -0.39 is 68.7 Å². The minimum absolute atomic E-state index is 0.00623. The van der Waals surface area contributed by atoms with Crippen LogP contribution in [0.15, 0.2) is 128 Å². The predicted octanol–water partition coefficient (Wildman–Crippen LogP) is 9.59. The Kier molecular flexibility index (Phi) is 17.6. The fourth-order valence-corrected chi connectivity index (χ4v) is 15.6. The number of alkyl halides is 3. The van der Waals surface area contributed by atoms with E-state index in [0.29, 0.717) is 59.2 Å². The van der Waals surface area contributed by atoms with E-state index in [9.17, 15) is 19.5 Å². The molecule has 2 aromatic heterocycles. The van der Waals surface area contributed by atoms with E-state index in [-0.39, 0.29) is 44.4 Å². The number of ether oxygens (including phenoxy) is 3. The molecular formula is C59H71F3N6O8Si. The summed E-state index contributed by atoms with van der Waals surface area (Å²) in [6, 6.07) is 36.7. The Balaban J connectivity index is 1.17. The molecule has 2 saturated heterocycles. The zero-order chi connectivity index (χ0) is 55.1. The van der Waals surface area contributed by atoms with Crippen molar-refractivity contribution in [2.24, 2.45) is 5.41 Å². The van der Waals surface area contributed by atoms with Gasteiger partial charge < -0.3 is 38.5 Å². The number of carbonyl (C=O) groups excluding carboxylic acids is 2. The molecule has 0 saturated carbocycles. The van der Waals surface area contributed by atoms with Crippen LogP contribution in [0.3, 0.4) is 0 Å². The number of carboxylic acids is 1. The Hall–Kier alpha value is -6.57. The lowest BCUT2D eigenvalue weighted by Gasteiger charge is -2.44. The molecule has 0 radical (unpaired) electrons. The van der Waals surface area contributed by atoms with Crippen LogP contribution in [0.5, 0.6) is 0 Å². The van der Waals surface area contributed by atoms with Gasteiger partial charge in [-0.25, -0.2) is 10.2 Å². The number of alkyl carbamates (subject to hydrolysis) is 1. The molecule has 3 N–H and O–H groups in total. The van der Waals surface area contributed by atoms with Gasteiger partial charge in [-0.15, -0.1) is 0 Å². The number of aliphatic carboxylic acids is 1. The summed E-state index contributed by atoms with van der Waals surface area (Å²) in [4.78, 5) is 46.4.